The molecule has 0 saturated heterocycles. The van der Waals surface area contributed by atoms with Crippen LogP contribution in [0, 0.1) is 19.7 Å². The van der Waals surface area contributed by atoms with Crippen LogP contribution < -0.4 is 4.74 Å². The van der Waals surface area contributed by atoms with Crippen LogP contribution in [0.1, 0.15) is 35.5 Å². The lowest BCUT2D eigenvalue weighted by Gasteiger charge is -2.28. The van der Waals surface area contributed by atoms with Crippen LogP contribution in [0.25, 0.3) is 5.82 Å². The lowest BCUT2D eigenvalue weighted by molar-refractivity contribution is 0.0643. The van der Waals surface area contributed by atoms with Gasteiger partial charge in [0.15, 0.2) is 11.6 Å². The van der Waals surface area contributed by atoms with E-state index in [2.05, 4.69) is 20.2 Å². The van der Waals surface area contributed by atoms with Crippen molar-refractivity contribution in [3.05, 3.63) is 59.4 Å². The lowest BCUT2D eigenvalue weighted by Crippen LogP contribution is -2.42. The average molecular weight is 398 g/mol. The van der Waals surface area contributed by atoms with Crippen LogP contribution in [0.5, 0.6) is 5.88 Å². The highest BCUT2D eigenvalue weighted by Gasteiger charge is 2.25. The number of likely N-dealkylation sites (N-methyl/N-ethyl adjacent to an activating group) is 1. The first-order chi connectivity index (χ1) is 13.9. The smallest absolute Gasteiger partial charge is 0.258 e. The first-order valence-electron chi connectivity index (χ1n) is 9.31. The molecule has 3 aromatic rings. The Labute approximate surface area is 168 Å². The summed E-state index contributed by atoms with van der Waals surface area (Å²) in [5, 5.41) is 8.18. The van der Waals surface area contributed by atoms with Gasteiger partial charge in [0, 0.05) is 18.4 Å². The fraction of sp³-hybridized carbons (Fsp3) is 0.350. The molecule has 0 aliphatic carbocycles. The van der Waals surface area contributed by atoms with E-state index in [1.54, 1.807) is 24.0 Å². The molecule has 8 nitrogen and oxygen atoms in total. The molecule has 3 heterocycles. The number of hydrogen-bond acceptors (Lipinski definition) is 6. The molecule has 0 unspecified atom stereocenters. The van der Waals surface area contributed by atoms with Gasteiger partial charge in [-0.3, -0.25) is 4.79 Å². The summed E-state index contributed by atoms with van der Waals surface area (Å²) < 4.78 is 19.5. The summed E-state index contributed by atoms with van der Waals surface area (Å²) in [5.41, 5.74) is 1.83. The third-order valence-corrected chi connectivity index (χ3v) is 4.39. The minimum absolute atomic E-state index is 0.0793. The van der Waals surface area contributed by atoms with Crippen molar-refractivity contribution >= 4 is 5.91 Å². The molecule has 0 fully saturated rings. The van der Waals surface area contributed by atoms with Crippen molar-refractivity contribution in [2.75, 3.05) is 13.2 Å². The summed E-state index contributed by atoms with van der Waals surface area (Å²) in [6, 6.07) is 4.51. The van der Waals surface area contributed by atoms with E-state index >= 15 is 0 Å². The van der Waals surface area contributed by atoms with Crippen LogP contribution in [0.3, 0.4) is 0 Å². The zero-order valence-electron chi connectivity index (χ0n) is 16.8. The molecule has 1 atom stereocenters. The van der Waals surface area contributed by atoms with Crippen LogP contribution in [0.15, 0.2) is 36.8 Å². The predicted molar refractivity (Wildman–Crippen MR) is 104 cm³/mol. The van der Waals surface area contributed by atoms with Crippen LogP contribution in [-0.4, -0.2) is 55.0 Å². The highest BCUT2D eigenvalue weighted by Crippen LogP contribution is 2.18. The number of ether oxygens (including phenoxy) is 1. The van der Waals surface area contributed by atoms with E-state index in [0.717, 1.165) is 5.69 Å². The van der Waals surface area contributed by atoms with Crippen molar-refractivity contribution in [3.63, 3.8) is 0 Å². The number of amides is 1. The Kier molecular flexibility index (Phi) is 6.16. The van der Waals surface area contributed by atoms with Gasteiger partial charge in [0.05, 0.1) is 24.0 Å². The van der Waals surface area contributed by atoms with E-state index in [9.17, 15) is 9.18 Å². The molecule has 0 aliphatic rings. The summed E-state index contributed by atoms with van der Waals surface area (Å²) >= 11 is 0. The van der Waals surface area contributed by atoms with Gasteiger partial charge < -0.3 is 9.64 Å². The molecule has 0 spiro atoms. The van der Waals surface area contributed by atoms with Crippen LogP contribution in [0.2, 0.25) is 0 Å². The standard InChI is InChI=1S/C20H23FN6O2/c1-5-26(15(4)12-29-19-17(21)10-13(2)11-22-19)20(28)16-7-6-14(3)25-18(16)27-23-8-9-24-27/h6-11,15H,5,12H2,1-4H3/t15-/m0/s1. The number of pyridine rings is 2. The topological polar surface area (TPSA) is 86.0 Å². The van der Waals surface area contributed by atoms with E-state index in [-0.39, 0.29) is 24.4 Å². The normalized spacial score (nSPS) is 11.9. The highest BCUT2D eigenvalue weighted by molar-refractivity contribution is 5.97. The van der Waals surface area contributed by atoms with Crippen LogP contribution >= 0.6 is 0 Å². The molecular formula is C20H23FN6O2. The number of carbonyl (C=O) groups is 1. The first-order valence-corrected chi connectivity index (χ1v) is 9.31. The Hall–Kier alpha value is -3.36. The van der Waals surface area contributed by atoms with Crippen LogP contribution in [0.4, 0.5) is 4.39 Å². The molecule has 3 rings (SSSR count). The summed E-state index contributed by atoms with van der Waals surface area (Å²) in [7, 11) is 0. The van der Waals surface area contributed by atoms with Gasteiger partial charge in [-0.05, 0) is 51.5 Å². The Bertz CT molecular complexity index is 993. The van der Waals surface area contributed by atoms with Crippen molar-refractivity contribution in [2.45, 2.75) is 33.7 Å². The van der Waals surface area contributed by atoms with Crippen molar-refractivity contribution in [2.24, 2.45) is 0 Å². The molecule has 0 saturated carbocycles. The maximum absolute atomic E-state index is 14.0. The van der Waals surface area contributed by atoms with Gasteiger partial charge in [0.25, 0.3) is 5.91 Å². The third-order valence-electron chi connectivity index (χ3n) is 4.39. The number of rotatable bonds is 7. The average Bonchev–Trinajstić information content (AvgIpc) is 3.22. The number of carbonyl (C=O) groups excluding carboxylic acids is 1. The van der Waals surface area contributed by atoms with E-state index < -0.39 is 5.82 Å². The van der Waals surface area contributed by atoms with Crippen molar-refractivity contribution in [1.29, 1.82) is 0 Å². The second-order valence-corrected chi connectivity index (χ2v) is 6.69. The molecule has 1 amide bonds. The fourth-order valence-corrected chi connectivity index (χ4v) is 2.91. The fourth-order valence-electron chi connectivity index (χ4n) is 2.91. The molecule has 0 N–H and O–H groups in total. The predicted octanol–water partition coefficient (Wildman–Crippen LogP) is 2.74. The van der Waals surface area contributed by atoms with Gasteiger partial charge in [0.2, 0.25) is 5.88 Å². The zero-order valence-corrected chi connectivity index (χ0v) is 16.8. The van der Waals surface area contributed by atoms with E-state index in [4.69, 9.17) is 4.74 Å². The molecular weight excluding hydrogens is 375 g/mol. The molecule has 0 aliphatic heterocycles. The molecule has 0 radical (unpaired) electrons. The molecule has 29 heavy (non-hydrogen) atoms. The first kappa shape index (κ1) is 20.4. The van der Waals surface area contributed by atoms with Crippen molar-refractivity contribution in [3.8, 4) is 11.7 Å². The zero-order chi connectivity index (χ0) is 21.0. The van der Waals surface area contributed by atoms with Gasteiger partial charge in [-0.25, -0.2) is 14.4 Å². The van der Waals surface area contributed by atoms with Gasteiger partial charge in [-0.15, -0.1) is 4.80 Å². The molecule has 9 heteroatoms. The second kappa shape index (κ2) is 8.76. The van der Waals surface area contributed by atoms with Gasteiger partial charge in [0.1, 0.15) is 6.61 Å². The van der Waals surface area contributed by atoms with Gasteiger partial charge >= 0.3 is 0 Å². The minimum Gasteiger partial charge on any atom is -0.473 e. The summed E-state index contributed by atoms with van der Waals surface area (Å²) in [4.78, 5) is 24.6. The Balaban J connectivity index is 1.80. The highest BCUT2D eigenvalue weighted by atomic mass is 19.1. The minimum atomic E-state index is -0.527. The van der Waals surface area contributed by atoms with Gasteiger partial charge in [-0.1, -0.05) is 0 Å². The summed E-state index contributed by atoms with van der Waals surface area (Å²) in [5.74, 6) is -0.482. The number of aromatic nitrogens is 5. The SMILES string of the molecule is CCN(C(=O)c1ccc(C)nc1-n1nccn1)[C@@H](C)COc1ncc(C)cc1F. The van der Waals surface area contributed by atoms with Crippen molar-refractivity contribution in [1.82, 2.24) is 29.9 Å². The van der Waals surface area contributed by atoms with E-state index in [1.165, 1.54) is 29.5 Å². The lowest BCUT2D eigenvalue weighted by atomic mass is 10.1. The van der Waals surface area contributed by atoms with Crippen LogP contribution in [-0.2, 0) is 0 Å². The number of nitrogens with zero attached hydrogens (tertiary/aromatic N) is 6. The number of aryl methyl sites for hydroxylation is 2. The Morgan fingerprint density at radius 1 is 1.28 bits per heavy atom. The number of hydrogen-bond donors (Lipinski definition) is 0. The van der Waals surface area contributed by atoms with Crippen molar-refractivity contribution < 1.29 is 13.9 Å². The monoisotopic (exact) mass is 398 g/mol. The Morgan fingerprint density at radius 3 is 2.66 bits per heavy atom. The quantitative estimate of drug-likeness (QED) is 0.608. The Morgan fingerprint density at radius 2 is 2.00 bits per heavy atom. The molecule has 0 aromatic carbocycles. The summed E-state index contributed by atoms with van der Waals surface area (Å²) in [6.07, 6.45) is 4.58. The maximum atomic E-state index is 14.0. The summed E-state index contributed by atoms with van der Waals surface area (Å²) in [6.45, 7) is 7.82. The molecule has 3 aromatic heterocycles. The largest absolute Gasteiger partial charge is 0.473 e. The number of halogens is 1. The molecule has 152 valence electrons. The van der Waals surface area contributed by atoms with Gasteiger partial charge in [-0.2, -0.15) is 10.2 Å². The third kappa shape index (κ3) is 4.56. The van der Waals surface area contributed by atoms with E-state index in [1.807, 2.05) is 20.8 Å². The second-order valence-electron chi connectivity index (χ2n) is 6.69. The van der Waals surface area contributed by atoms with E-state index in [0.29, 0.717) is 23.5 Å². The maximum Gasteiger partial charge on any atom is 0.258 e. The molecule has 0 bridgehead atoms.